The minimum atomic E-state index is 0.922. The van der Waals surface area contributed by atoms with E-state index in [4.69, 9.17) is 0 Å². The maximum absolute atomic E-state index is 3.54. The summed E-state index contributed by atoms with van der Waals surface area (Å²) in [7, 11) is 0. The molecule has 1 aromatic rings. The molecule has 0 aromatic heterocycles. The van der Waals surface area contributed by atoms with Crippen molar-refractivity contribution < 1.29 is 0 Å². The highest BCUT2D eigenvalue weighted by Gasteiger charge is 2.16. The minimum absolute atomic E-state index is 0.922. The van der Waals surface area contributed by atoms with Gasteiger partial charge in [-0.05, 0) is 75.6 Å². The molecule has 2 aliphatic heterocycles. The van der Waals surface area contributed by atoms with Gasteiger partial charge in [-0.1, -0.05) is 18.2 Å². The summed E-state index contributed by atoms with van der Waals surface area (Å²) >= 11 is 0. The summed E-state index contributed by atoms with van der Waals surface area (Å²) in [5, 5.41) is 3.54. The highest BCUT2D eigenvalue weighted by molar-refractivity contribution is 5.54. The maximum Gasteiger partial charge on any atom is 0.0398 e. The number of nitrogens with zero attached hydrogens (tertiary/aromatic N) is 1. The van der Waals surface area contributed by atoms with Gasteiger partial charge in [0.25, 0.3) is 0 Å². The van der Waals surface area contributed by atoms with Crippen LogP contribution in [0, 0.1) is 5.92 Å². The first kappa shape index (κ1) is 13.9. The van der Waals surface area contributed by atoms with Gasteiger partial charge in [-0.3, -0.25) is 0 Å². The third-order valence-corrected chi connectivity index (χ3v) is 4.90. The van der Waals surface area contributed by atoms with Crippen molar-refractivity contribution in [3.05, 3.63) is 29.8 Å². The lowest BCUT2D eigenvalue weighted by atomic mass is 9.94. The number of aryl methyl sites for hydroxylation is 1. The Bertz CT molecular complexity index is 410. The molecule has 110 valence electrons. The fourth-order valence-electron chi connectivity index (χ4n) is 3.74. The first-order chi connectivity index (χ1) is 9.93. The maximum atomic E-state index is 3.54. The molecule has 2 heterocycles. The van der Waals surface area contributed by atoms with Crippen LogP contribution < -0.4 is 10.2 Å². The average Bonchev–Trinajstić information content (AvgIpc) is 2.71. The second-order valence-electron chi connectivity index (χ2n) is 6.43. The SMILES string of the molecule is c1ccc2c(c1)CCCCN2CCCC1CCCNC1. The van der Waals surface area contributed by atoms with E-state index in [1.165, 1.54) is 76.8 Å². The molecule has 0 aliphatic carbocycles. The van der Waals surface area contributed by atoms with Gasteiger partial charge in [-0.2, -0.15) is 0 Å². The number of piperidine rings is 1. The third kappa shape index (κ3) is 3.54. The number of benzene rings is 1. The molecule has 1 fully saturated rings. The molecule has 3 rings (SSSR count). The van der Waals surface area contributed by atoms with Crippen LogP contribution in [-0.2, 0) is 6.42 Å². The zero-order valence-electron chi connectivity index (χ0n) is 12.6. The molecule has 0 bridgehead atoms. The number of anilines is 1. The van der Waals surface area contributed by atoms with E-state index in [9.17, 15) is 0 Å². The highest BCUT2D eigenvalue weighted by atomic mass is 15.1. The fourth-order valence-corrected chi connectivity index (χ4v) is 3.74. The van der Waals surface area contributed by atoms with Gasteiger partial charge < -0.3 is 10.2 Å². The van der Waals surface area contributed by atoms with Crippen molar-refractivity contribution in [3.63, 3.8) is 0 Å². The molecule has 2 aliphatic rings. The molecular formula is C18H28N2. The van der Waals surface area contributed by atoms with Gasteiger partial charge in [0.1, 0.15) is 0 Å². The molecule has 0 amide bonds. The predicted octanol–water partition coefficient (Wildman–Crippen LogP) is 3.61. The van der Waals surface area contributed by atoms with Crippen LogP contribution in [0.5, 0.6) is 0 Å². The Balaban J connectivity index is 1.54. The summed E-state index contributed by atoms with van der Waals surface area (Å²) in [6, 6.07) is 9.03. The summed E-state index contributed by atoms with van der Waals surface area (Å²) in [5.74, 6) is 0.922. The average molecular weight is 272 g/mol. The standard InChI is InChI=1S/C18H28N2/c1-2-11-18-17(9-1)10-3-4-13-20(18)14-6-8-16-7-5-12-19-15-16/h1-2,9,11,16,19H,3-8,10,12-15H2. The van der Waals surface area contributed by atoms with Gasteiger partial charge in [0.2, 0.25) is 0 Å². The molecule has 1 saturated heterocycles. The normalized spacial score (nSPS) is 23.2. The van der Waals surface area contributed by atoms with Crippen LogP contribution in [0.2, 0.25) is 0 Å². The molecule has 0 radical (unpaired) electrons. The summed E-state index contributed by atoms with van der Waals surface area (Å²) in [5.41, 5.74) is 3.07. The second-order valence-corrected chi connectivity index (χ2v) is 6.43. The van der Waals surface area contributed by atoms with Crippen LogP contribution in [0.15, 0.2) is 24.3 Å². The Kier molecular flexibility index (Phi) is 4.96. The largest absolute Gasteiger partial charge is 0.371 e. The van der Waals surface area contributed by atoms with Crippen molar-refractivity contribution in [2.45, 2.75) is 44.9 Å². The zero-order chi connectivity index (χ0) is 13.6. The van der Waals surface area contributed by atoms with Gasteiger partial charge in [-0.25, -0.2) is 0 Å². The molecule has 0 saturated carbocycles. The molecule has 2 nitrogen and oxygen atoms in total. The van der Waals surface area contributed by atoms with Crippen LogP contribution in [0.25, 0.3) is 0 Å². The van der Waals surface area contributed by atoms with Crippen LogP contribution >= 0.6 is 0 Å². The number of nitrogens with one attached hydrogen (secondary N) is 1. The Morgan fingerprint density at radius 2 is 2.10 bits per heavy atom. The summed E-state index contributed by atoms with van der Waals surface area (Å²) in [6.45, 7) is 4.97. The van der Waals surface area contributed by atoms with E-state index in [0.717, 1.165) is 5.92 Å². The van der Waals surface area contributed by atoms with Crippen LogP contribution in [0.3, 0.4) is 0 Å². The van der Waals surface area contributed by atoms with E-state index < -0.39 is 0 Å². The topological polar surface area (TPSA) is 15.3 Å². The Morgan fingerprint density at radius 3 is 3.00 bits per heavy atom. The fraction of sp³-hybridized carbons (Fsp3) is 0.667. The molecule has 20 heavy (non-hydrogen) atoms. The van der Waals surface area contributed by atoms with Gasteiger partial charge >= 0.3 is 0 Å². The van der Waals surface area contributed by atoms with Gasteiger partial charge in [0, 0.05) is 18.8 Å². The molecule has 1 aromatic carbocycles. The number of rotatable bonds is 4. The number of hydrogen-bond acceptors (Lipinski definition) is 2. The molecule has 2 heteroatoms. The lowest BCUT2D eigenvalue weighted by Crippen LogP contribution is -2.31. The molecule has 1 N–H and O–H groups in total. The van der Waals surface area contributed by atoms with Crippen LogP contribution in [0.1, 0.15) is 44.1 Å². The number of fused-ring (bicyclic) bond motifs is 1. The van der Waals surface area contributed by atoms with Crippen LogP contribution in [-0.4, -0.2) is 26.2 Å². The summed E-state index contributed by atoms with van der Waals surface area (Å²) in [4.78, 5) is 2.64. The third-order valence-electron chi connectivity index (χ3n) is 4.90. The second kappa shape index (κ2) is 7.12. The Labute approximate surface area is 123 Å². The Hall–Kier alpha value is -1.02. The van der Waals surface area contributed by atoms with E-state index >= 15 is 0 Å². The van der Waals surface area contributed by atoms with E-state index in [0.29, 0.717) is 0 Å². The number of hydrogen-bond donors (Lipinski definition) is 1. The molecular weight excluding hydrogens is 244 g/mol. The van der Waals surface area contributed by atoms with E-state index in [1.54, 1.807) is 5.56 Å². The highest BCUT2D eigenvalue weighted by Crippen LogP contribution is 2.26. The van der Waals surface area contributed by atoms with Crippen molar-refractivity contribution in [2.75, 3.05) is 31.1 Å². The van der Waals surface area contributed by atoms with Crippen molar-refractivity contribution in [3.8, 4) is 0 Å². The first-order valence-electron chi connectivity index (χ1n) is 8.47. The zero-order valence-corrected chi connectivity index (χ0v) is 12.6. The van der Waals surface area contributed by atoms with Gasteiger partial charge in [-0.15, -0.1) is 0 Å². The lowest BCUT2D eigenvalue weighted by Gasteiger charge is -2.27. The van der Waals surface area contributed by atoms with E-state index in [2.05, 4.69) is 34.5 Å². The van der Waals surface area contributed by atoms with Crippen LogP contribution in [0.4, 0.5) is 5.69 Å². The van der Waals surface area contributed by atoms with Crippen molar-refractivity contribution in [2.24, 2.45) is 5.92 Å². The van der Waals surface area contributed by atoms with E-state index in [1.807, 2.05) is 0 Å². The summed E-state index contributed by atoms with van der Waals surface area (Å²) < 4.78 is 0. The molecule has 1 unspecified atom stereocenters. The Morgan fingerprint density at radius 1 is 1.15 bits per heavy atom. The number of para-hydroxylation sites is 1. The van der Waals surface area contributed by atoms with Crippen molar-refractivity contribution in [1.29, 1.82) is 0 Å². The molecule has 1 atom stereocenters. The monoisotopic (exact) mass is 272 g/mol. The molecule has 0 spiro atoms. The minimum Gasteiger partial charge on any atom is -0.371 e. The smallest absolute Gasteiger partial charge is 0.0398 e. The van der Waals surface area contributed by atoms with E-state index in [-0.39, 0.29) is 0 Å². The van der Waals surface area contributed by atoms with Crippen molar-refractivity contribution in [1.82, 2.24) is 5.32 Å². The summed E-state index contributed by atoms with van der Waals surface area (Å²) in [6.07, 6.45) is 9.51. The predicted molar refractivity (Wildman–Crippen MR) is 86.4 cm³/mol. The van der Waals surface area contributed by atoms with Gasteiger partial charge in [0.15, 0.2) is 0 Å². The van der Waals surface area contributed by atoms with Gasteiger partial charge in [0.05, 0.1) is 0 Å². The van der Waals surface area contributed by atoms with Crippen molar-refractivity contribution >= 4 is 5.69 Å². The first-order valence-corrected chi connectivity index (χ1v) is 8.47. The quantitative estimate of drug-likeness (QED) is 0.901. The lowest BCUT2D eigenvalue weighted by molar-refractivity contribution is 0.351.